The topological polar surface area (TPSA) is 177 Å². The molecule has 0 bridgehead atoms. The molecule has 0 spiro atoms. The van der Waals surface area contributed by atoms with Gasteiger partial charge in [-0.3, -0.25) is 24.1 Å². The number of likely N-dealkylation sites (N-methyl/N-ethyl adjacent to an activating group) is 1. The fourth-order valence-corrected chi connectivity index (χ4v) is 6.92. The number of nitrogens with zero attached hydrogens (tertiary/aromatic N) is 2. The molecule has 1 saturated carbocycles. The molecule has 306 valence electrons. The molecule has 1 aliphatic carbocycles. The lowest BCUT2D eigenvalue weighted by molar-refractivity contribution is -0.139. The second-order valence-electron chi connectivity index (χ2n) is 13.8. The first-order valence-corrected chi connectivity index (χ1v) is 18.1. The summed E-state index contributed by atoms with van der Waals surface area (Å²) >= 11 is 0. The van der Waals surface area contributed by atoms with Gasteiger partial charge in [-0.15, -0.1) is 0 Å². The van der Waals surface area contributed by atoms with Crippen LogP contribution in [0.3, 0.4) is 0 Å². The number of ether oxygens (including phenoxy) is 4. The average Bonchev–Trinajstić information content (AvgIpc) is 3.45. The maximum Gasteiger partial charge on any atom is 0.416 e. The fraction of sp³-hybridized carbons (Fsp3) is 0.541. The van der Waals surface area contributed by atoms with Gasteiger partial charge in [0.15, 0.2) is 0 Å². The molecule has 0 radical (unpaired) electrons. The van der Waals surface area contributed by atoms with Gasteiger partial charge >= 0.3 is 12.3 Å². The second kappa shape index (κ2) is 18.3. The molecule has 56 heavy (non-hydrogen) atoms. The van der Waals surface area contributed by atoms with E-state index in [0.29, 0.717) is 50.5 Å². The molecule has 4 unspecified atom stereocenters. The number of methoxy groups -OCH3 is 1. The highest BCUT2D eigenvalue weighted by Crippen LogP contribution is 2.46. The van der Waals surface area contributed by atoms with Crippen molar-refractivity contribution in [2.75, 3.05) is 70.9 Å². The number of nitrogens with one attached hydrogen (secondary N) is 4. The van der Waals surface area contributed by atoms with E-state index in [4.69, 9.17) is 18.9 Å². The Morgan fingerprint density at radius 1 is 0.946 bits per heavy atom. The van der Waals surface area contributed by atoms with Crippen molar-refractivity contribution >= 4 is 41.1 Å². The summed E-state index contributed by atoms with van der Waals surface area (Å²) in [5, 5.41) is 10.6. The predicted molar refractivity (Wildman–Crippen MR) is 191 cm³/mol. The van der Waals surface area contributed by atoms with Crippen molar-refractivity contribution < 1.29 is 60.5 Å². The van der Waals surface area contributed by atoms with Crippen LogP contribution in [0.1, 0.15) is 42.9 Å². The number of carbonyl (C=O) groups excluding carboxylic acids is 5. The maximum atomic E-state index is 14.0. The Kier molecular flexibility index (Phi) is 13.8. The van der Waals surface area contributed by atoms with Gasteiger partial charge in [-0.25, -0.2) is 9.18 Å². The number of amides is 5. The van der Waals surface area contributed by atoms with Crippen molar-refractivity contribution in [3.63, 3.8) is 0 Å². The number of anilines is 2. The lowest BCUT2D eigenvalue weighted by Crippen LogP contribution is -2.55. The first kappa shape index (κ1) is 42.1. The second-order valence-corrected chi connectivity index (χ2v) is 13.8. The van der Waals surface area contributed by atoms with E-state index >= 15 is 0 Å². The maximum absolute atomic E-state index is 14.0. The van der Waals surface area contributed by atoms with Crippen molar-refractivity contribution in [1.82, 2.24) is 20.4 Å². The average molecular weight is 795 g/mol. The SMILES string of the molecule is CCC1CC1(NC(=O)C1CC(OC(=O)N2Cc3ccc(NC(=O)COCCOCCOC)cc3C2)CN1C(=O)CNc1cc(F)cc(C(F)(F)F)c1)C(=O)NC. The number of hydrogen-bond acceptors (Lipinski definition) is 10. The molecule has 2 heterocycles. The smallest absolute Gasteiger partial charge is 0.416 e. The summed E-state index contributed by atoms with van der Waals surface area (Å²) in [5.74, 6) is -3.47. The summed E-state index contributed by atoms with van der Waals surface area (Å²) in [6.45, 7) is 2.59. The molecule has 15 nitrogen and oxygen atoms in total. The summed E-state index contributed by atoms with van der Waals surface area (Å²) in [6, 6.07) is 5.78. The van der Waals surface area contributed by atoms with E-state index in [9.17, 15) is 41.5 Å². The van der Waals surface area contributed by atoms with Crippen LogP contribution in [0.4, 0.5) is 33.7 Å². The minimum atomic E-state index is -4.83. The Morgan fingerprint density at radius 2 is 1.68 bits per heavy atom. The third kappa shape index (κ3) is 10.4. The lowest BCUT2D eigenvalue weighted by Gasteiger charge is -2.26. The molecule has 4 atom stereocenters. The third-order valence-corrected chi connectivity index (χ3v) is 9.91. The molecule has 0 aromatic heterocycles. The van der Waals surface area contributed by atoms with E-state index in [2.05, 4.69) is 21.3 Å². The summed E-state index contributed by atoms with van der Waals surface area (Å²) in [5.41, 5.74) is -0.655. The van der Waals surface area contributed by atoms with Crippen LogP contribution >= 0.6 is 0 Å². The quantitative estimate of drug-likeness (QED) is 0.138. The molecule has 2 aromatic rings. The molecule has 2 fully saturated rings. The molecule has 4 N–H and O–H groups in total. The zero-order valence-electron chi connectivity index (χ0n) is 31.3. The molecule has 2 aliphatic heterocycles. The number of fused-ring (bicyclic) bond motifs is 1. The first-order chi connectivity index (χ1) is 26.7. The highest BCUT2D eigenvalue weighted by molar-refractivity contribution is 5.97. The van der Waals surface area contributed by atoms with Gasteiger partial charge in [0.05, 0.1) is 45.1 Å². The number of rotatable bonds is 17. The largest absolute Gasteiger partial charge is 0.444 e. The van der Waals surface area contributed by atoms with E-state index in [1.807, 2.05) is 6.92 Å². The van der Waals surface area contributed by atoms with E-state index in [0.717, 1.165) is 22.1 Å². The number of alkyl halides is 3. The molecule has 19 heteroatoms. The van der Waals surface area contributed by atoms with Gasteiger partial charge in [0.2, 0.25) is 23.6 Å². The van der Waals surface area contributed by atoms with Crippen LogP contribution in [-0.2, 0) is 57.4 Å². The minimum Gasteiger partial charge on any atom is -0.444 e. The molecule has 5 amide bonds. The van der Waals surface area contributed by atoms with Crippen LogP contribution in [0.25, 0.3) is 0 Å². The molecular formula is C37H46F4N6O9. The van der Waals surface area contributed by atoms with Crippen molar-refractivity contribution in [1.29, 1.82) is 0 Å². The summed E-state index contributed by atoms with van der Waals surface area (Å²) in [7, 11) is 3.01. The monoisotopic (exact) mass is 794 g/mol. The fourth-order valence-electron chi connectivity index (χ4n) is 6.92. The van der Waals surface area contributed by atoms with Gasteiger partial charge < -0.3 is 45.1 Å². The molecule has 5 rings (SSSR count). The van der Waals surface area contributed by atoms with Gasteiger partial charge in [-0.1, -0.05) is 19.4 Å². The van der Waals surface area contributed by atoms with Gasteiger partial charge in [0.25, 0.3) is 0 Å². The van der Waals surface area contributed by atoms with Crippen LogP contribution < -0.4 is 21.3 Å². The summed E-state index contributed by atoms with van der Waals surface area (Å²) < 4.78 is 75.2. The number of carbonyl (C=O) groups is 5. The Bertz CT molecular complexity index is 1780. The standard InChI is InChI=1S/C37H46F4N6O9/c1-4-24-16-36(24,34(51)42-2)45-33(50)30-15-29(20-47(30)32(49)17-43-28-13-25(37(39,40)41)12-26(38)14-28)56-35(52)46-18-22-5-6-27(11-23(22)19-46)44-31(48)21-55-10-9-54-8-7-53-3/h5-6,11-14,24,29-30,43H,4,7-10,15-21H2,1-3H3,(H,42,51)(H,44,48)(H,45,50). The lowest BCUT2D eigenvalue weighted by atomic mass is 10.1. The number of hydrogen-bond donors (Lipinski definition) is 4. The van der Waals surface area contributed by atoms with Crippen LogP contribution in [0.2, 0.25) is 0 Å². The van der Waals surface area contributed by atoms with Gasteiger partial charge in [-0.2, -0.15) is 13.2 Å². The number of halogens is 4. The molecular weight excluding hydrogens is 748 g/mol. The van der Waals surface area contributed by atoms with E-state index < -0.39 is 65.6 Å². The van der Waals surface area contributed by atoms with Crippen molar-refractivity contribution in [3.05, 3.63) is 58.9 Å². The van der Waals surface area contributed by atoms with Gasteiger partial charge in [0.1, 0.15) is 30.1 Å². The van der Waals surface area contributed by atoms with Crippen molar-refractivity contribution in [3.8, 4) is 0 Å². The Hall–Kier alpha value is -5.01. The zero-order chi connectivity index (χ0) is 40.6. The zero-order valence-corrected chi connectivity index (χ0v) is 31.3. The van der Waals surface area contributed by atoms with Crippen LogP contribution in [0.5, 0.6) is 0 Å². The van der Waals surface area contributed by atoms with Crippen molar-refractivity contribution in [2.45, 2.75) is 63.1 Å². The Balaban J connectivity index is 1.20. The molecule has 2 aromatic carbocycles. The first-order valence-electron chi connectivity index (χ1n) is 18.1. The van der Waals surface area contributed by atoms with E-state index in [-0.39, 0.29) is 56.8 Å². The number of likely N-dealkylation sites (tertiary alicyclic amines) is 1. The highest BCUT2D eigenvalue weighted by atomic mass is 19.4. The Labute approximate surface area is 320 Å². The predicted octanol–water partition coefficient (Wildman–Crippen LogP) is 3.03. The third-order valence-electron chi connectivity index (χ3n) is 9.91. The van der Waals surface area contributed by atoms with Gasteiger partial charge in [-0.05, 0) is 53.8 Å². The van der Waals surface area contributed by atoms with Crippen LogP contribution in [0, 0.1) is 11.7 Å². The van der Waals surface area contributed by atoms with E-state index in [1.54, 1.807) is 25.3 Å². The highest BCUT2D eigenvalue weighted by Gasteiger charge is 2.60. The van der Waals surface area contributed by atoms with Crippen LogP contribution in [-0.4, -0.2) is 117 Å². The van der Waals surface area contributed by atoms with Gasteiger partial charge in [0, 0.05) is 45.0 Å². The molecule has 3 aliphatic rings. The minimum absolute atomic E-state index is 0.125. The Morgan fingerprint density at radius 3 is 2.38 bits per heavy atom. The number of benzene rings is 2. The van der Waals surface area contributed by atoms with E-state index in [1.165, 1.54) is 11.9 Å². The van der Waals surface area contributed by atoms with Crippen molar-refractivity contribution in [2.24, 2.45) is 5.92 Å². The summed E-state index contributed by atoms with van der Waals surface area (Å²) in [6.07, 6.45) is -5.65. The van der Waals surface area contributed by atoms with Crippen LogP contribution in [0.15, 0.2) is 36.4 Å². The summed E-state index contributed by atoms with van der Waals surface area (Å²) in [4.78, 5) is 68.5. The molecule has 1 saturated heterocycles. The normalized spacial score (nSPS) is 21.3.